The van der Waals surface area contributed by atoms with E-state index in [4.69, 9.17) is 0 Å². The van der Waals surface area contributed by atoms with Crippen molar-refractivity contribution in [3.05, 3.63) is 72.1 Å². The minimum atomic E-state index is 0.364. The second kappa shape index (κ2) is 4.09. The molecule has 1 atom stereocenters. The number of aromatic nitrogens is 1. The van der Waals surface area contributed by atoms with Gasteiger partial charge in [-0.05, 0) is 35.1 Å². The van der Waals surface area contributed by atoms with Crippen molar-refractivity contribution in [1.29, 1.82) is 0 Å². The molecule has 19 heavy (non-hydrogen) atoms. The number of nitrogens with one attached hydrogen (secondary N) is 1. The molecule has 2 heterocycles. The molecule has 0 saturated heterocycles. The van der Waals surface area contributed by atoms with Crippen molar-refractivity contribution in [2.45, 2.75) is 12.5 Å². The average molecular weight is 246 g/mol. The van der Waals surface area contributed by atoms with E-state index in [1.54, 1.807) is 0 Å². The van der Waals surface area contributed by atoms with Gasteiger partial charge in [0.2, 0.25) is 0 Å². The van der Waals surface area contributed by atoms with Crippen LogP contribution in [0.25, 0.3) is 10.8 Å². The van der Waals surface area contributed by atoms with Gasteiger partial charge in [-0.2, -0.15) is 0 Å². The van der Waals surface area contributed by atoms with Crippen LogP contribution in [-0.4, -0.2) is 4.98 Å². The first-order valence-corrected chi connectivity index (χ1v) is 6.59. The van der Waals surface area contributed by atoms with Gasteiger partial charge in [-0.25, -0.2) is 0 Å². The molecule has 1 aliphatic rings. The Morgan fingerprint density at radius 1 is 1.00 bits per heavy atom. The second-order valence-corrected chi connectivity index (χ2v) is 5.00. The van der Waals surface area contributed by atoms with E-state index in [0.717, 1.165) is 6.42 Å². The summed E-state index contributed by atoms with van der Waals surface area (Å²) in [6.07, 6.45) is 4.85. The van der Waals surface area contributed by atoms with E-state index in [9.17, 15) is 0 Å². The molecule has 0 radical (unpaired) electrons. The zero-order valence-corrected chi connectivity index (χ0v) is 10.5. The molecule has 0 bridgehead atoms. The van der Waals surface area contributed by atoms with E-state index in [1.165, 1.54) is 27.6 Å². The summed E-state index contributed by atoms with van der Waals surface area (Å²) >= 11 is 0. The molecule has 4 rings (SSSR count). The average Bonchev–Trinajstić information content (AvgIpc) is 2.90. The lowest BCUT2D eigenvalue weighted by molar-refractivity contribution is 0.832. The van der Waals surface area contributed by atoms with E-state index >= 15 is 0 Å². The van der Waals surface area contributed by atoms with Crippen molar-refractivity contribution in [3.63, 3.8) is 0 Å². The predicted molar refractivity (Wildman–Crippen MR) is 78.3 cm³/mol. The zero-order valence-electron chi connectivity index (χ0n) is 10.5. The molecule has 0 spiro atoms. The van der Waals surface area contributed by atoms with Crippen LogP contribution in [0.4, 0.5) is 5.69 Å². The predicted octanol–water partition coefficient (Wildman–Crippen LogP) is 3.94. The fraction of sp³-hybridized carbons (Fsp3) is 0.118. The van der Waals surface area contributed by atoms with Gasteiger partial charge >= 0.3 is 0 Å². The molecule has 0 saturated carbocycles. The van der Waals surface area contributed by atoms with Gasteiger partial charge in [0, 0.05) is 23.5 Å². The van der Waals surface area contributed by atoms with E-state index in [-0.39, 0.29) is 0 Å². The first kappa shape index (κ1) is 10.6. The SMILES string of the molecule is c1ccc2c(c1)CC(c1cccc3cnccc13)N2. The Morgan fingerprint density at radius 3 is 2.89 bits per heavy atom. The largest absolute Gasteiger partial charge is 0.378 e. The molecule has 1 aromatic heterocycles. The van der Waals surface area contributed by atoms with Crippen molar-refractivity contribution in [2.75, 3.05) is 5.32 Å². The molecule has 92 valence electrons. The van der Waals surface area contributed by atoms with Crippen molar-refractivity contribution < 1.29 is 0 Å². The quantitative estimate of drug-likeness (QED) is 0.703. The van der Waals surface area contributed by atoms with E-state index in [1.807, 2.05) is 12.4 Å². The lowest BCUT2D eigenvalue weighted by atomic mass is 9.98. The van der Waals surface area contributed by atoms with Gasteiger partial charge in [0.25, 0.3) is 0 Å². The summed E-state index contributed by atoms with van der Waals surface area (Å²) in [5.74, 6) is 0. The van der Waals surface area contributed by atoms with Crippen LogP contribution in [0.5, 0.6) is 0 Å². The maximum atomic E-state index is 4.20. The number of hydrogen-bond acceptors (Lipinski definition) is 2. The van der Waals surface area contributed by atoms with Crippen LogP contribution < -0.4 is 5.32 Å². The van der Waals surface area contributed by atoms with Gasteiger partial charge in [0.15, 0.2) is 0 Å². The summed E-state index contributed by atoms with van der Waals surface area (Å²) in [7, 11) is 0. The van der Waals surface area contributed by atoms with Crippen molar-refractivity contribution in [3.8, 4) is 0 Å². The molecule has 1 aliphatic heterocycles. The Kier molecular flexibility index (Phi) is 2.27. The van der Waals surface area contributed by atoms with Gasteiger partial charge in [-0.3, -0.25) is 4.98 Å². The highest BCUT2D eigenvalue weighted by atomic mass is 14.9. The lowest BCUT2D eigenvalue weighted by Gasteiger charge is -2.14. The molecule has 2 aromatic carbocycles. The first-order valence-electron chi connectivity index (χ1n) is 6.59. The van der Waals surface area contributed by atoms with Crippen LogP contribution in [0.2, 0.25) is 0 Å². The summed E-state index contributed by atoms with van der Waals surface area (Å²) in [5.41, 5.74) is 4.02. The molecule has 0 fully saturated rings. The van der Waals surface area contributed by atoms with Crippen LogP contribution in [0.3, 0.4) is 0 Å². The van der Waals surface area contributed by atoms with Gasteiger partial charge in [0.05, 0.1) is 6.04 Å². The van der Waals surface area contributed by atoms with Crippen LogP contribution in [-0.2, 0) is 6.42 Å². The van der Waals surface area contributed by atoms with Crippen molar-refractivity contribution in [2.24, 2.45) is 0 Å². The van der Waals surface area contributed by atoms with Crippen molar-refractivity contribution in [1.82, 2.24) is 4.98 Å². The van der Waals surface area contributed by atoms with Gasteiger partial charge in [-0.1, -0.05) is 36.4 Å². The molecular formula is C17H14N2. The molecule has 2 heteroatoms. The molecule has 1 unspecified atom stereocenters. The lowest BCUT2D eigenvalue weighted by Crippen LogP contribution is -2.06. The van der Waals surface area contributed by atoms with E-state index < -0.39 is 0 Å². The topological polar surface area (TPSA) is 24.9 Å². The molecule has 3 aromatic rings. The first-order chi connectivity index (χ1) is 9.42. The molecule has 2 nitrogen and oxygen atoms in total. The van der Waals surface area contributed by atoms with Gasteiger partial charge in [-0.15, -0.1) is 0 Å². The standard InChI is InChI=1S/C17H14N2/c1-2-7-16-12(4-1)10-17(19-16)15-6-3-5-13-11-18-9-8-14(13)15/h1-9,11,17,19H,10H2. The molecule has 1 N–H and O–H groups in total. The Bertz CT molecular complexity index is 719. The van der Waals surface area contributed by atoms with Crippen molar-refractivity contribution >= 4 is 16.5 Å². The Balaban J connectivity index is 1.81. The maximum Gasteiger partial charge on any atom is 0.0561 e. The normalized spacial score (nSPS) is 17.2. The Hall–Kier alpha value is -2.35. The second-order valence-electron chi connectivity index (χ2n) is 5.00. The smallest absolute Gasteiger partial charge is 0.0561 e. The number of rotatable bonds is 1. The van der Waals surface area contributed by atoms with Gasteiger partial charge in [0.1, 0.15) is 0 Å². The summed E-state index contributed by atoms with van der Waals surface area (Å²) in [6.45, 7) is 0. The summed E-state index contributed by atoms with van der Waals surface area (Å²) < 4.78 is 0. The Morgan fingerprint density at radius 2 is 1.95 bits per heavy atom. The fourth-order valence-electron chi connectivity index (χ4n) is 2.94. The summed E-state index contributed by atoms with van der Waals surface area (Å²) in [6, 6.07) is 17.5. The number of pyridine rings is 1. The molecule has 0 aliphatic carbocycles. The van der Waals surface area contributed by atoms with Crippen LogP contribution in [0.1, 0.15) is 17.2 Å². The molecule has 0 amide bonds. The third kappa shape index (κ3) is 1.68. The number of nitrogens with zero attached hydrogens (tertiary/aromatic N) is 1. The highest BCUT2D eigenvalue weighted by Crippen LogP contribution is 2.36. The Labute approximate surface area is 112 Å². The number of hydrogen-bond donors (Lipinski definition) is 1. The van der Waals surface area contributed by atoms with Crippen LogP contribution >= 0.6 is 0 Å². The number of fused-ring (bicyclic) bond motifs is 2. The highest BCUT2D eigenvalue weighted by Gasteiger charge is 2.22. The van der Waals surface area contributed by atoms with Crippen LogP contribution in [0, 0.1) is 0 Å². The van der Waals surface area contributed by atoms with E-state index in [2.05, 4.69) is 58.8 Å². The minimum Gasteiger partial charge on any atom is -0.378 e. The third-order valence-corrected chi connectivity index (χ3v) is 3.86. The zero-order chi connectivity index (χ0) is 12.7. The number of anilines is 1. The minimum absolute atomic E-state index is 0.364. The summed E-state index contributed by atoms with van der Waals surface area (Å²) in [5, 5.41) is 6.12. The van der Waals surface area contributed by atoms with Crippen LogP contribution in [0.15, 0.2) is 60.9 Å². The third-order valence-electron chi connectivity index (χ3n) is 3.86. The fourth-order valence-corrected chi connectivity index (χ4v) is 2.94. The molecular weight excluding hydrogens is 232 g/mol. The number of benzene rings is 2. The van der Waals surface area contributed by atoms with Gasteiger partial charge < -0.3 is 5.32 Å². The van der Waals surface area contributed by atoms with E-state index in [0.29, 0.717) is 6.04 Å². The maximum absolute atomic E-state index is 4.20. The highest BCUT2D eigenvalue weighted by molar-refractivity contribution is 5.86. The number of para-hydroxylation sites is 1. The summed E-state index contributed by atoms with van der Waals surface area (Å²) in [4.78, 5) is 4.20. The monoisotopic (exact) mass is 246 g/mol.